The van der Waals surface area contributed by atoms with Crippen molar-refractivity contribution in [2.75, 3.05) is 6.61 Å². The molecular formula is C14H13N3O5. The summed E-state index contributed by atoms with van der Waals surface area (Å²) in [6, 6.07) is 4.04. The Hall–Kier alpha value is -2.74. The number of aromatic nitrogens is 3. The summed E-state index contributed by atoms with van der Waals surface area (Å²) in [7, 11) is 0. The number of aromatic carboxylic acids is 1. The molecule has 1 fully saturated rings. The number of hydrogen-bond acceptors (Lipinski definition) is 6. The van der Waals surface area contributed by atoms with Gasteiger partial charge in [-0.15, -0.1) is 5.10 Å². The summed E-state index contributed by atoms with van der Waals surface area (Å²) in [6.07, 6.45) is 1.89. The molecule has 1 aromatic carbocycles. The highest BCUT2D eigenvalue weighted by Gasteiger charge is 2.27. The van der Waals surface area contributed by atoms with Crippen molar-refractivity contribution in [3.8, 4) is 11.4 Å². The average molecular weight is 303 g/mol. The minimum Gasteiger partial charge on any atom is -0.507 e. The second-order valence-corrected chi connectivity index (χ2v) is 4.90. The second kappa shape index (κ2) is 5.57. The lowest BCUT2D eigenvalue weighted by atomic mass is 10.1. The number of hydrogen-bond donors (Lipinski definition) is 2. The average Bonchev–Trinajstić information content (AvgIpc) is 3.15. The van der Waals surface area contributed by atoms with Crippen molar-refractivity contribution in [2.45, 2.75) is 18.9 Å². The summed E-state index contributed by atoms with van der Waals surface area (Å²) in [5, 5.41) is 26.4. The Morgan fingerprint density at radius 1 is 1.45 bits per heavy atom. The quantitative estimate of drug-likeness (QED) is 0.819. The Morgan fingerprint density at radius 3 is 2.91 bits per heavy atom. The van der Waals surface area contributed by atoms with Gasteiger partial charge in [-0.25, -0.2) is 9.48 Å². The first kappa shape index (κ1) is 14.2. The maximum absolute atomic E-state index is 11.2. The molecule has 0 amide bonds. The van der Waals surface area contributed by atoms with Crippen LogP contribution in [0.3, 0.4) is 0 Å². The van der Waals surface area contributed by atoms with Gasteiger partial charge in [0, 0.05) is 6.61 Å². The summed E-state index contributed by atoms with van der Waals surface area (Å²) in [6.45, 7) is 0.587. The van der Waals surface area contributed by atoms with Gasteiger partial charge in [0.05, 0.1) is 5.69 Å². The maximum atomic E-state index is 11.2. The number of rotatable bonds is 4. The molecule has 2 aromatic rings. The van der Waals surface area contributed by atoms with Crippen molar-refractivity contribution in [3.05, 3.63) is 35.2 Å². The Balaban J connectivity index is 2.12. The molecule has 8 heteroatoms. The van der Waals surface area contributed by atoms with Crippen molar-refractivity contribution in [2.24, 2.45) is 0 Å². The van der Waals surface area contributed by atoms with Gasteiger partial charge in [0.2, 0.25) is 0 Å². The van der Waals surface area contributed by atoms with E-state index in [1.807, 2.05) is 0 Å². The Morgan fingerprint density at radius 2 is 2.27 bits per heavy atom. The van der Waals surface area contributed by atoms with E-state index in [-0.39, 0.29) is 23.1 Å². The Labute approximate surface area is 124 Å². The molecule has 1 aliphatic heterocycles. The molecule has 1 aromatic heterocycles. The normalized spacial score (nSPS) is 17.5. The van der Waals surface area contributed by atoms with Crippen LogP contribution in [-0.4, -0.2) is 44.1 Å². The largest absolute Gasteiger partial charge is 0.507 e. The van der Waals surface area contributed by atoms with Gasteiger partial charge >= 0.3 is 5.97 Å². The standard InChI is InChI=1S/C14H13N3O5/c18-7-10-13(12-2-1-5-22-12)17(16-15-10)8-3-4-11(19)9(6-8)14(20)21/h3-4,6-7,12,19H,1-2,5H2,(H,20,21). The van der Waals surface area contributed by atoms with Gasteiger partial charge in [0.25, 0.3) is 0 Å². The van der Waals surface area contributed by atoms with Gasteiger partial charge in [-0.3, -0.25) is 4.79 Å². The van der Waals surface area contributed by atoms with E-state index in [2.05, 4.69) is 10.3 Å². The Kier molecular flexibility index (Phi) is 3.60. The number of phenols is 1. The molecule has 1 unspecified atom stereocenters. The zero-order valence-corrected chi connectivity index (χ0v) is 11.5. The van der Waals surface area contributed by atoms with E-state index in [0.29, 0.717) is 24.3 Å². The first-order chi connectivity index (χ1) is 10.6. The molecule has 3 rings (SSSR count). The zero-order chi connectivity index (χ0) is 15.7. The van der Waals surface area contributed by atoms with Gasteiger partial charge in [0.1, 0.15) is 23.1 Å². The highest BCUT2D eigenvalue weighted by Crippen LogP contribution is 2.31. The number of aldehydes is 1. The van der Waals surface area contributed by atoms with E-state index in [4.69, 9.17) is 9.84 Å². The van der Waals surface area contributed by atoms with Crippen LogP contribution in [0.1, 0.15) is 45.5 Å². The van der Waals surface area contributed by atoms with Crippen molar-refractivity contribution in [3.63, 3.8) is 0 Å². The molecule has 0 saturated carbocycles. The SMILES string of the molecule is O=Cc1nnn(-c2ccc(O)c(C(=O)O)c2)c1C1CCCO1. The van der Waals surface area contributed by atoms with Crippen LogP contribution in [0.2, 0.25) is 0 Å². The molecule has 8 nitrogen and oxygen atoms in total. The van der Waals surface area contributed by atoms with E-state index < -0.39 is 5.97 Å². The molecule has 2 heterocycles. The van der Waals surface area contributed by atoms with Crippen LogP contribution < -0.4 is 0 Å². The predicted octanol–water partition coefficient (Wildman–Crippen LogP) is 1.34. The van der Waals surface area contributed by atoms with Crippen LogP contribution >= 0.6 is 0 Å². The van der Waals surface area contributed by atoms with Gasteiger partial charge in [-0.05, 0) is 31.0 Å². The fraction of sp³-hybridized carbons (Fsp3) is 0.286. The lowest BCUT2D eigenvalue weighted by Gasteiger charge is -2.13. The first-order valence-corrected chi connectivity index (χ1v) is 6.71. The number of ether oxygens (including phenoxy) is 1. The van der Waals surface area contributed by atoms with Crippen LogP contribution in [0.4, 0.5) is 0 Å². The highest BCUT2D eigenvalue weighted by molar-refractivity contribution is 5.91. The van der Waals surface area contributed by atoms with Crippen LogP contribution in [0.25, 0.3) is 5.69 Å². The summed E-state index contributed by atoms with van der Waals surface area (Å²) < 4.78 is 6.96. The molecule has 1 aliphatic rings. The van der Waals surface area contributed by atoms with Crippen molar-refractivity contribution < 1.29 is 24.5 Å². The lowest BCUT2D eigenvalue weighted by Crippen LogP contribution is -2.10. The molecule has 2 N–H and O–H groups in total. The number of benzene rings is 1. The fourth-order valence-electron chi connectivity index (χ4n) is 2.50. The van der Waals surface area contributed by atoms with Gasteiger partial charge < -0.3 is 14.9 Å². The molecular weight excluding hydrogens is 290 g/mol. The molecule has 1 saturated heterocycles. The van der Waals surface area contributed by atoms with Gasteiger partial charge in [-0.1, -0.05) is 5.21 Å². The smallest absolute Gasteiger partial charge is 0.339 e. The van der Waals surface area contributed by atoms with Crippen molar-refractivity contribution >= 4 is 12.3 Å². The third kappa shape index (κ3) is 2.33. The second-order valence-electron chi connectivity index (χ2n) is 4.90. The van der Waals surface area contributed by atoms with Gasteiger partial charge in [-0.2, -0.15) is 0 Å². The van der Waals surface area contributed by atoms with Crippen LogP contribution in [0, 0.1) is 0 Å². The maximum Gasteiger partial charge on any atom is 0.339 e. The van der Waals surface area contributed by atoms with Crippen molar-refractivity contribution in [1.29, 1.82) is 0 Å². The van der Waals surface area contributed by atoms with E-state index in [0.717, 1.165) is 12.8 Å². The number of carboxylic acids is 1. The minimum absolute atomic E-state index is 0.164. The topological polar surface area (TPSA) is 115 Å². The molecule has 0 bridgehead atoms. The third-order valence-electron chi connectivity index (χ3n) is 3.53. The summed E-state index contributed by atoms with van der Waals surface area (Å²) >= 11 is 0. The number of carbonyl (C=O) groups is 2. The molecule has 1 atom stereocenters. The third-order valence-corrected chi connectivity index (χ3v) is 3.53. The first-order valence-electron chi connectivity index (χ1n) is 6.71. The van der Waals surface area contributed by atoms with E-state index in [1.165, 1.54) is 22.9 Å². The van der Waals surface area contributed by atoms with Crippen LogP contribution in [0.5, 0.6) is 5.75 Å². The van der Waals surface area contributed by atoms with E-state index >= 15 is 0 Å². The number of nitrogens with zero attached hydrogens (tertiary/aromatic N) is 3. The number of aromatic hydroxyl groups is 1. The fourth-order valence-corrected chi connectivity index (χ4v) is 2.50. The van der Waals surface area contributed by atoms with Crippen LogP contribution in [-0.2, 0) is 4.74 Å². The summed E-state index contributed by atoms with van der Waals surface area (Å²) in [5.74, 6) is -1.60. The summed E-state index contributed by atoms with van der Waals surface area (Å²) in [4.78, 5) is 22.3. The minimum atomic E-state index is -1.26. The summed E-state index contributed by atoms with van der Waals surface area (Å²) in [5.41, 5.74) is 0.798. The number of carbonyl (C=O) groups excluding carboxylic acids is 1. The van der Waals surface area contributed by atoms with E-state index in [9.17, 15) is 14.7 Å². The molecule has 0 radical (unpaired) electrons. The molecule has 22 heavy (non-hydrogen) atoms. The highest BCUT2D eigenvalue weighted by atomic mass is 16.5. The monoisotopic (exact) mass is 303 g/mol. The van der Waals surface area contributed by atoms with Gasteiger partial charge in [0.15, 0.2) is 12.0 Å². The molecule has 0 spiro atoms. The molecule has 114 valence electrons. The zero-order valence-electron chi connectivity index (χ0n) is 11.5. The van der Waals surface area contributed by atoms with Crippen molar-refractivity contribution in [1.82, 2.24) is 15.0 Å². The lowest BCUT2D eigenvalue weighted by molar-refractivity contribution is 0.0693. The molecule has 0 aliphatic carbocycles. The number of carboxylic acid groups (broad SMARTS) is 1. The van der Waals surface area contributed by atoms with Crippen LogP contribution in [0.15, 0.2) is 18.2 Å². The predicted molar refractivity (Wildman–Crippen MR) is 73.3 cm³/mol. The van der Waals surface area contributed by atoms with E-state index in [1.54, 1.807) is 0 Å². The Bertz CT molecular complexity index is 734.